The summed E-state index contributed by atoms with van der Waals surface area (Å²) in [6.07, 6.45) is 4.15. The topological polar surface area (TPSA) is 46.1 Å². The summed E-state index contributed by atoms with van der Waals surface area (Å²) in [6.45, 7) is 4.16. The highest BCUT2D eigenvalue weighted by atomic mass is 16.5. The number of rotatable bonds is 4. The normalized spacial score (nSPS) is 10.9. The van der Waals surface area contributed by atoms with Crippen LogP contribution in [-0.4, -0.2) is 14.2 Å². The van der Waals surface area contributed by atoms with Crippen LogP contribution in [0.3, 0.4) is 0 Å². The van der Waals surface area contributed by atoms with Crippen molar-refractivity contribution in [3.63, 3.8) is 0 Å². The second-order valence-corrected chi connectivity index (χ2v) is 5.07. The van der Waals surface area contributed by atoms with E-state index in [4.69, 9.17) is 9.47 Å². The Hall–Kier alpha value is -2.26. The Morgan fingerprint density at radius 3 is 2.14 bits per heavy atom. The zero-order chi connectivity index (χ0) is 15.4. The van der Waals surface area contributed by atoms with Crippen LogP contribution in [0.25, 0.3) is 12.2 Å². The molecule has 0 aliphatic heterocycles. The van der Waals surface area contributed by atoms with E-state index in [-0.39, 0.29) is 0 Å². The van der Waals surface area contributed by atoms with Gasteiger partial charge in [0.1, 0.15) is 5.75 Å². The summed E-state index contributed by atoms with van der Waals surface area (Å²) in [5, 5.41) is 0. The summed E-state index contributed by atoms with van der Waals surface area (Å²) in [5.41, 5.74) is 9.49. The molecule has 0 saturated carbocycles. The van der Waals surface area contributed by atoms with Gasteiger partial charge in [0.25, 0.3) is 0 Å². The smallest absolute Gasteiger partial charge is 0.179 e. The van der Waals surface area contributed by atoms with Crippen molar-refractivity contribution in [1.82, 2.24) is 0 Å². The van der Waals surface area contributed by atoms with Crippen molar-refractivity contribution in [2.24, 2.45) is 0 Å². The fraction of sp³-hybridized carbons (Fsp3) is 0.222. The van der Waals surface area contributed by atoms with Crippen LogP contribution in [0.2, 0.25) is 0 Å². The Morgan fingerprint density at radius 1 is 0.857 bits per heavy atom. The van der Waals surface area contributed by atoms with E-state index in [0.717, 1.165) is 28.3 Å². The van der Waals surface area contributed by atoms with Crippen LogP contribution in [0.5, 0.6) is 11.5 Å². The number of quaternary nitrogens is 1. The van der Waals surface area contributed by atoms with Gasteiger partial charge in [-0.1, -0.05) is 24.3 Å². The average molecular weight is 284 g/mol. The van der Waals surface area contributed by atoms with Gasteiger partial charge in [-0.3, -0.25) is 0 Å². The minimum atomic E-state index is 0.806. The summed E-state index contributed by atoms with van der Waals surface area (Å²) >= 11 is 0. The zero-order valence-corrected chi connectivity index (χ0v) is 13.1. The van der Waals surface area contributed by atoms with Crippen LogP contribution in [0, 0.1) is 13.8 Å². The van der Waals surface area contributed by atoms with Gasteiger partial charge in [0.05, 0.1) is 14.2 Å². The van der Waals surface area contributed by atoms with Gasteiger partial charge >= 0.3 is 0 Å². The summed E-state index contributed by atoms with van der Waals surface area (Å²) in [5.74, 6) is 1.72. The molecule has 3 N–H and O–H groups in total. The van der Waals surface area contributed by atoms with E-state index in [2.05, 4.69) is 37.8 Å². The molecule has 0 aromatic heterocycles. The molecule has 0 unspecified atom stereocenters. The SMILES string of the molecule is COc1ccc(C=Cc2cc(C)c(C)c(OC)c2)cc1[NH3+]. The lowest BCUT2D eigenvalue weighted by Gasteiger charge is -2.09. The predicted octanol–water partition coefficient (Wildman–Crippen LogP) is 3.36. The minimum absolute atomic E-state index is 0.806. The first-order valence-electron chi connectivity index (χ1n) is 6.88. The lowest BCUT2D eigenvalue weighted by molar-refractivity contribution is -0.256. The number of hydrogen-bond donors (Lipinski definition) is 1. The van der Waals surface area contributed by atoms with Gasteiger partial charge in [-0.05, 0) is 48.2 Å². The number of hydrogen-bond acceptors (Lipinski definition) is 2. The molecule has 2 aromatic carbocycles. The Balaban J connectivity index is 2.29. The van der Waals surface area contributed by atoms with Crippen molar-refractivity contribution >= 4 is 17.8 Å². The average Bonchev–Trinajstić information content (AvgIpc) is 2.48. The molecule has 0 aliphatic carbocycles. The maximum atomic E-state index is 5.41. The highest BCUT2D eigenvalue weighted by molar-refractivity contribution is 5.72. The Kier molecular flexibility index (Phi) is 4.66. The molecule has 0 aliphatic rings. The number of methoxy groups -OCH3 is 2. The molecule has 0 fully saturated rings. The fourth-order valence-electron chi connectivity index (χ4n) is 2.26. The summed E-state index contributed by atoms with van der Waals surface area (Å²) in [7, 11) is 3.36. The van der Waals surface area contributed by atoms with Gasteiger partial charge < -0.3 is 15.2 Å². The van der Waals surface area contributed by atoms with E-state index in [1.165, 1.54) is 11.1 Å². The van der Waals surface area contributed by atoms with Crippen molar-refractivity contribution < 1.29 is 15.2 Å². The van der Waals surface area contributed by atoms with Crippen LogP contribution in [-0.2, 0) is 0 Å². The van der Waals surface area contributed by atoms with Gasteiger partial charge in [0.15, 0.2) is 11.4 Å². The van der Waals surface area contributed by atoms with Crippen molar-refractivity contribution in [1.29, 1.82) is 0 Å². The van der Waals surface area contributed by atoms with E-state index in [0.29, 0.717) is 0 Å². The number of benzene rings is 2. The Labute approximate surface area is 126 Å². The summed E-state index contributed by atoms with van der Waals surface area (Å²) in [4.78, 5) is 0. The molecule has 0 saturated heterocycles. The molecular weight excluding hydrogens is 262 g/mol. The third-order valence-corrected chi connectivity index (χ3v) is 3.63. The maximum absolute atomic E-state index is 5.41. The molecule has 110 valence electrons. The number of ether oxygens (including phenoxy) is 2. The fourth-order valence-corrected chi connectivity index (χ4v) is 2.26. The highest BCUT2D eigenvalue weighted by Crippen LogP contribution is 2.25. The van der Waals surface area contributed by atoms with Crippen molar-refractivity contribution in [2.45, 2.75) is 13.8 Å². The molecule has 3 nitrogen and oxygen atoms in total. The molecule has 0 spiro atoms. The first-order valence-corrected chi connectivity index (χ1v) is 6.88. The van der Waals surface area contributed by atoms with Crippen molar-refractivity contribution in [2.75, 3.05) is 14.2 Å². The van der Waals surface area contributed by atoms with Crippen LogP contribution in [0.1, 0.15) is 22.3 Å². The predicted molar refractivity (Wildman–Crippen MR) is 86.9 cm³/mol. The van der Waals surface area contributed by atoms with Crippen molar-refractivity contribution in [3.05, 3.63) is 52.6 Å². The quantitative estimate of drug-likeness (QED) is 0.875. The Morgan fingerprint density at radius 2 is 1.52 bits per heavy atom. The van der Waals surface area contributed by atoms with E-state index in [1.54, 1.807) is 14.2 Å². The summed E-state index contributed by atoms with van der Waals surface area (Å²) < 4.78 is 10.6. The molecule has 2 aromatic rings. The maximum Gasteiger partial charge on any atom is 0.179 e. The largest absolute Gasteiger partial charge is 0.496 e. The molecule has 21 heavy (non-hydrogen) atoms. The van der Waals surface area contributed by atoms with Gasteiger partial charge in [0.2, 0.25) is 0 Å². The van der Waals surface area contributed by atoms with Gasteiger partial charge in [-0.15, -0.1) is 0 Å². The molecule has 0 radical (unpaired) electrons. The lowest BCUT2D eigenvalue weighted by atomic mass is 10.0. The lowest BCUT2D eigenvalue weighted by Crippen LogP contribution is -2.40. The first-order chi connectivity index (χ1) is 10.0. The van der Waals surface area contributed by atoms with E-state index in [9.17, 15) is 0 Å². The van der Waals surface area contributed by atoms with Gasteiger partial charge in [-0.25, -0.2) is 0 Å². The monoisotopic (exact) mass is 284 g/mol. The zero-order valence-electron chi connectivity index (χ0n) is 13.1. The first kappa shape index (κ1) is 15.1. The van der Waals surface area contributed by atoms with Gasteiger partial charge in [0, 0.05) is 6.07 Å². The van der Waals surface area contributed by atoms with Crippen LogP contribution in [0.15, 0.2) is 30.3 Å². The van der Waals surface area contributed by atoms with E-state index in [1.807, 2.05) is 24.3 Å². The number of aryl methyl sites for hydroxylation is 1. The molecule has 0 amide bonds. The van der Waals surface area contributed by atoms with Crippen molar-refractivity contribution in [3.8, 4) is 11.5 Å². The van der Waals surface area contributed by atoms with E-state index >= 15 is 0 Å². The van der Waals surface area contributed by atoms with Crippen LogP contribution >= 0.6 is 0 Å². The summed E-state index contributed by atoms with van der Waals surface area (Å²) in [6, 6.07) is 10.2. The Bertz CT molecular complexity index is 675. The molecule has 3 heteroatoms. The van der Waals surface area contributed by atoms with E-state index < -0.39 is 0 Å². The second-order valence-electron chi connectivity index (χ2n) is 5.07. The molecule has 2 rings (SSSR count). The standard InChI is InChI=1S/C18H21NO2/c1-12-9-15(11-18(21-4)13(12)2)6-5-14-7-8-17(20-3)16(19)10-14/h5-11H,19H2,1-4H3/p+1. The third-order valence-electron chi connectivity index (χ3n) is 3.63. The molecular formula is C18H22NO2+. The third kappa shape index (κ3) is 3.44. The molecule has 0 atom stereocenters. The second kappa shape index (κ2) is 6.46. The van der Waals surface area contributed by atoms with Gasteiger partial charge in [-0.2, -0.15) is 0 Å². The minimum Gasteiger partial charge on any atom is -0.496 e. The van der Waals surface area contributed by atoms with Crippen LogP contribution < -0.4 is 15.2 Å². The van der Waals surface area contributed by atoms with Crippen LogP contribution in [0.4, 0.5) is 5.69 Å². The molecule has 0 heterocycles. The molecule has 0 bridgehead atoms. The highest BCUT2D eigenvalue weighted by Gasteiger charge is 2.04.